The Morgan fingerprint density at radius 3 is 2.33 bits per heavy atom. The summed E-state index contributed by atoms with van der Waals surface area (Å²) in [6.45, 7) is 12.3. The van der Waals surface area contributed by atoms with E-state index in [1.54, 1.807) is 0 Å². The number of halogens is 2. The molecule has 0 bridgehead atoms. The number of morpholine rings is 1. The minimum Gasteiger partial charge on any atom is -0.379 e. The Bertz CT molecular complexity index is 349. The van der Waals surface area contributed by atoms with E-state index in [9.17, 15) is 4.79 Å². The van der Waals surface area contributed by atoms with Gasteiger partial charge in [0.2, 0.25) is 5.91 Å². The topological polar surface area (TPSA) is 53.6 Å². The molecular weight excluding hydrogens is 349 g/mol. The SMILES string of the molecule is CC(CC(=O)NC(C)C(C)N1CCOCC1)C1CCNCC1.Cl.Cl. The van der Waals surface area contributed by atoms with E-state index >= 15 is 0 Å². The second-order valence-corrected chi connectivity index (χ2v) is 7.01. The Morgan fingerprint density at radius 2 is 1.75 bits per heavy atom. The number of nitrogens with one attached hydrogen (secondary N) is 2. The fraction of sp³-hybridized carbons (Fsp3) is 0.941. The van der Waals surface area contributed by atoms with Gasteiger partial charge in [0, 0.05) is 31.6 Å². The van der Waals surface area contributed by atoms with Gasteiger partial charge in [-0.1, -0.05) is 6.92 Å². The summed E-state index contributed by atoms with van der Waals surface area (Å²) in [5.41, 5.74) is 0. The lowest BCUT2D eigenvalue weighted by molar-refractivity contribution is -0.123. The molecule has 0 radical (unpaired) electrons. The Morgan fingerprint density at radius 1 is 1.17 bits per heavy atom. The maximum atomic E-state index is 12.3. The van der Waals surface area contributed by atoms with Crippen molar-refractivity contribution in [1.82, 2.24) is 15.5 Å². The zero-order chi connectivity index (χ0) is 15.9. The van der Waals surface area contributed by atoms with Crippen LogP contribution in [0.4, 0.5) is 0 Å². The number of carbonyl (C=O) groups is 1. The number of hydrogen-bond acceptors (Lipinski definition) is 4. The molecule has 0 spiro atoms. The molecule has 0 aromatic rings. The molecule has 2 heterocycles. The molecule has 2 aliphatic heterocycles. The molecule has 2 rings (SSSR count). The van der Waals surface area contributed by atoms with Crippen LogP contribution >= 0.6 is 24.8 Å². The molecule has 5 nitrogen and oxygen atoms in total. The normalized spacial score (nSPS) is 23.3. The molecule has 0 aromatic carbocycles. The number of ether oxygens (including phenoxy) is 1. The number of nitrogens with zero attached hydrogens (tertiary/aromatic N) is 1. The van der Waals surface area contributed by atoms with Gasteiger partial charge in [0.25, 0.3) is 0 Å². The Balaban J connectivity index is 0.00000264. The lowest BCUT2D eigenvalue weighted by Crippen LogP contribution is -2.52. The second-order valence-electron chi connectivity index (χ2n) is 7.01. The zero-order valence-corrected chi connectivity index (χ0v) is 16.9. The van der Waals surface area contributed by atoms with E-state index in [4.69, 9.17) is 4.74 Å². The summed E-state index contributed by atoms with van der Waals surface area (Å²) in [7, 11) is 0. The molecule has 2 aliphatic rings. The van der Waals surface area contributed by atoms with Gasteiger partial charge in [-0.2, -0.15) is 0 Å². The van der Waals surface area contributed by atoms with Crippen molar-refractivity contribution in [1.29, 1.82) is 0 Å². The lowest BCUT2D eigenvalue weighted by Gasteiger charge is -2.36. The number of hydrogen-bond donors (Lipinski definition) is 2. The van der Waals surface area contributed by atoms with Crippen LogP contribution in [0.25, 0.3) is 0 Å². The molecular formula is C17H35Cl2N3O2. The highest BCUT2D eigenvalue weighted by molar-refractivity contribution is 5.85. The molecule has 2 saturated heterocycles. The van der Waals surface area contributed by atoms with Gasteiger partial charge in [-0.3, -0.25) is 9.69 Å². The second kappa shape index (κ2) is 12.3. The first-order valence-electron chi connectivity index (χ1n) is 8.89. The van der Waals surface area contributed by atoms with Crippen LogP contribution in [0.1, 0.15) is 40.0 Å². The van der Waals surface area contributed by atoms with Crippen molar-refractivity contribution in [2.75, 3.05) is 39.4 Å². The van der Waals surface area contributed by atoms with Gasteiger partial charge in [0.1, 0.15) is 0 Å². The van der Waals surface area contributed by atoms with Crippen molar-refractivity contribution >= 4 is 30.7 Å². The van der Waals surface area contributed by atoms with Crippen molar-refractivity contribution in [3.63, 3.8) is 0 Å². The van der Waals surface area contributed by atoms with Gasteiger partial charge in [-0.15, -0.1) is 24.8 Å². The smallest absolute Gasteiger partial charge is 0.220 e. The van der Waals surface area contributed by atoms with E-state index in [0.717, 1.165) is 39.4 Å². The maximum Gasteiger partial charge on any atom is 0.220 e. The maximum absolute atomic E-state index is 12.3. The van der Waals surface area contributed by atoms with Crippen LogP contribution in [-0.4, -0.2) is 62.3 Å². The van der Waals surface area contributed by atoms with Crippen LogP contribution < -0.4 is 10.6 Å². The fourth-order valence-electron chi connectivity index (χ4n) is 3.61. The van der Waals surface area contributed by atoms with Crippen LogP contribution in [0.5, 0.6) is 0 Å². The van der Waals surface area contributed by atoms with E-state index < -0.39 is 0 Å². The van der Waals surface area contributed by atoms with Crippen LogP contribution in [0, 0.1) is 11.8 Å². The first-order chi connectivity index (χ1) is 10.6. The molecule has 2 fully saturated rings. The predicted octanol–water partition coefficient (Wildman–Crippen LogP) is 2.08. The van der Waals surface area contributed by atoms with Crippen molar-refractivity contribution < 1.29 is 9.53 Å². The van der Waals surface area contributed by atoms with Crippen molar-refractivity contribution in [2.45, 2.75) is 52.1 Å². The zero-order valence-electron chi connectivity index (χ0n) is 15.3. The highest BCUT2D eigenvalue weighted by Crippen LogP contribution is 2.24. The average molecular weight is 384 g/mol. The van der Waals surface area contributed by atoms with Crippen LogP contribution in [-0.2, 0) is 9.53 Å². The highest BCUT2D eigenvalue weighted by Gasteiger charge is 2.25. The van der Waals surface area contributed by atoms with Gasteiger partial charge in [0.05, 0.1) is 13.2 Å². The monoisotopic (exact) mass is 383 g/mol. The highest BCUT2D eigenvalue weighted by atomic mass is 35.5. The summed E-state index contributed by atoms with van der Waals surface area (Å²) in [6.07, 6.45) is 3.06. The summed E-state index contributed by atoms with van der Waals surface area (Å²) in [5.74, 6) is 1.38. The molecule has 0 aromatic heterocycles. The third-order valence-electron chi connectivity index (χ3n) is 5.43. The summed E-state index contributed by atoms with van der Waals surface area (Å²) < 4.78 is 5.40. The third-order valence-corrected chi connectivity index (χ3v) is 5.43. The van der Waals surface area contributed by atoms with Crippen molar-refractivity contribution in [3.8, 4) is 0 Å². The quantitative estimate of drug-likeness (QED) is 0.736. The molecule has 0 saturated carbocycles. The molecule has 144 valence electrons. The van der Waals surface area contributed by atoms with Gasteiger partial charge in [-0.25, -0.2) is 0 Å². The number of carbonyl (C=O) groups excluding carboxylic acids is 1. The Hall–Kier alpha value is -0.0700. The summed E-state index contributed by atoms with van der Waals surface area (Å²) in [5, 5.41) is 6.60. The first kappa shape index (κ1) is 23.9. The van der Waals surface area contributed by atoms with E-state index in [2.05, 4.69) is 36.3 Å². The molecule has 7 heteroatoms. The Kier molecular flexibility index (Phi) is 12.3. The molecule has 24 heavy (non-hydrogen) atoms. The third kappa shape index (κ3) is 7.44. The Labute approximate surface area is 159 Å². The summed E-state index contributed by atoms with van der Waals surface area (Å²) in [4.78, 5) is 14.7. The summed E-state index contributed by atoms with van der Waals surface area (Å²) >= 11 is 0. The number of piperidine rings is 1. The number of amides is 1. The molecule has 3 atom stereocenters. The molecule has 1 amide bonds. The van der Waals surface area contributed by atoms with Crippen molar-refractivity contribution in [3.05, 3.63) is 0 Å². The van der Waals surface area contributed by atoms with Gasteiger partial charge in [-0.05, 0) is 51.6 Å². The summed E-state index contributed by atoms with van der Waals surface area (Å²) in [6, 6.07) is 0.549. The molecule has 2 N–H and O–H groups in total. The largest absolute Gasteiger partial charge is 0.379 e. The number of rotatable bonds is 6. The molecule has 0 aliphatic carbocycles. The van der Waals surface area contributed by atoms with Crippen molar-refractivity contribution in [2.24, 2.45) is 11.8 Å². The van der Waals surface area contributed by atoms with E-state index in [1.807, 2.05) is 0 Å². The van der Waals surface area contributed by atoms with Crippen LogP contribution in [0.2, 0.25) is 0 Å². The van der Waals surface area contributed by atoms with Gasteiger partial charge in [0.15, 0.2) is 0 Å². The minimum atomic E-state index is 0. The van der Waals surface area contributed by atoms with E-state index in [-0.39, 0.29) is 36.8 Å². The van der Waals surface area contributed by atoms with Gasteiger partial charge < -0.3 is 15.4 Å². The van der Waals surface area contributed by atoms with Gasteiger partial charge >= 0.3 is 0 Å². The lowest BCUT2D eigenvalue weighted by atomic mass is 9.84. The van der Waals surface area contributed by atoms with E-state index in [0.29, 0.717) is 24.3 Å². The predicted molar refractivity (Wildman–Crippen MR) is 103 cm³/mol. The van der Waals surface area contributed by atoms with E-state index in [1.165, 1.54) is 12.8 Å². The standard InChI is InChI=1S/C17H33N3O2.2ClH/c1-13(16-4-6-18-7-5-16)12-17(21)19-14(2)15(3)20-8-10-22-11-9-20;;/h13-16,18H,4-12H2,1-3H3,(H,19,21);2*1H. The first-order valence-corrected chi connectivity index (χ1v) is 8.89. The average Bonchev–Trinajstić information content (AvgIpc) is 2.55. The molecule has 3 unspecified atom stereocenters. The van der Waals surface area contributed by atoms with Crippen LogP contribution in [0.15, 0.2) is 0 Å². The fourth-order valence-corrected chi connectivity index (χ4v) is 3.61. The minimum absolute atomic E-state index is 0. The van der Waals surface area contributed by atoms with Crippen LogP contribution in [0.3, 0.4) is 0 Å².